The summed E-state index contributed by atoms with van der Waals surface area (Å²) in [5.41, 5.74) is 0.683. The predicted molar refractivity (Wildman–Crippen MR) is 71.2 cm³/mol. The van der Waals surface area contributed by atoms with E-state index >= 15 is 0 Å². The molecular formula is C13H15N5O2. The van der Waals surface area contributed by atoms with Gasteiger partial charge in [0.1, 0.15) is 0 Å². The topological polar surface area (TPSA) is 84.2 Å². The summed E-state index contributed by atoms with van der Waals surface area (Å²) in [4.78, 5) is 21.9. The van der Waals surface area contributed by atoms with Gasteiger partial charge in [-0.1, -0.05) is 5.16 Å². The summed E-state index contributed by atoms with van der Waals surface area (Å²) in [6, 6.07) is 3.63. The van der Waals surface area contributed by atoms with Gasteiger partial charge < -0.3 is 14.7 Å². The summed E-state index contributed by atoms with van der Waals surface area (Å²) < 4.78 is 5.17. The number of nitrogens with one attached hydrogen (secondary N) is 1. The quantitative estimate of drug-likeness (QED) is 0.903. The number of carbonyl (C=O) groups is 1. The van der Waals surface area contributed by atoms with Gasteiger partial charge in [0, 0.05) is 13.2 Å². The van der Waals surface area contributed by atoms with Gasteiger partial charge in [0.2, 0.25) is 5.89 Å². The number of rotatable bonds is 3. The Kier molecular flexibility index (Phi) is 3.42. The molecule has 1 fully saturated rings. The molecular weight excluding hydrogens is 258 g/mol. The molecule has 0 saturated carbocycles. The normalized spacial score (nSPS) is 18.1. The minimum atomic E-state index is -0.314. The Labute approximate surface area is 116 Å². The zero-order chi connectivity index (χ0) is 13.9. The minimum absolute atomic E-state index is 0.0627. The zero-order valence-electron chi connectivity index (χ0n) is 11.1. The van der Waals surface area contributed by atoms with Crippen molar-refractivity contribution < 1.29 is 9.32 Å². The number of hydrogen-bond acceptors (Lipinski definition) is 6. The Balaban J connectivity index is 1.77. The molecule has 1 saturated heterocycles. The second-order valence-corrected chi connectivity index (χ2v) is 4.68. The lowest BCUT2D eigenvalue weighted by Gasteiger charge is -2.13. The molecule has 7 heteroatoms. The van der Waals surface area contributed by atoms with Crippen molar-refractivity contribution >= 4 is 11.6 Å². The average molecular weight is 273 g/mol. The smallest absolute Gasteiger partial charge is 0.299 e. The molecule has 1 atom stereocenters. The van der Waals surface area contributed by atoms with Crippen LogP contribution in [0.5, 0.6) is 0 Å². The molecule has 1 aliphatic rings. The molecule has 0 radical (unpaired) electrons. The molecule has 7 nitrogen and oxygen atoms in total. The zero-order valence-corrected chi connectivity index (χ0v) is 11.1. The Morgan fingerprint density at radius 1 is 1.55 bits per heavy atom. The minimum Gasteiger partial charge on any atom is -0.337 e. The van der Waals surface area contributed by atoms with Gasteiger partial charge in [0.15, 0.2) is 0 Å². The third-order valence-corrected chi connectivity index (χ3v) is 3.33. The van der Waals surface area contributed by atoms with E-state index in [-0.39, 0.29) is 17.8 Å². The van der Waals surface area contributed by atoms with Gasteiger partial charge in [-0.3, -0.25) is 9.78 Å². The highest BCUT2D eigenvalue weighted by atomic mass is 16.5. The molecule has 2 aromatic heterocycles. The van der Waals surface area contributed by atoms with Gasteiger partial charge in [-0.2, -0.15) is 4.98 Å². The van der Waals surface area contributed by atoms with E-state index in [9.17, 15) is 4.79 Å². The van der Waals surface area contributed by atoms with Crippen molar-refractivity contribution in [2.75, 3.05) is 18.5 Å². The predicted octanol–water partition coefficient (Wildman–Crippen LogP) is 1.17. The standard InChI is InChI=1S/C13H15N5O2/c1-18(9-4-2-6-14-8-9)13(19)11-16-12(20-17-11)10-5-3-7-15-10/h2,4,6,8,10,15H,3,5,7H2,1H3. The van der Waals surface area contributed by atoms with Crippen molar-refractivity contribution in [2.24, 2.45) is 0 Å². The molecule has 20 heavy (non-hydrogen) atoms. The fraction of sp³-hybridized carbons (Fsp3) is 0.385. The lowest BCUT2D eigenvalue weighted by Crippen LogP contribution is -2.27. The fourth-order valence-corrected chi connectivity index (χ4v) is 2.18. The lowest BCUT2D eigenvalue weighted by atomic mass is 10.2. The van der Waals surface area contributed by atoms with Crippen LogP contribution in [0.25, 0.3) is 0 Å². The Hall–Kier alpha value is -2.28. The monoisotopic (exact) mass is 273 g/mol. The summed E-state index contributed by atoms with van der Waals surface area (Å²) in [5.74, 6) is 0.233. The highest BCUT2D eigenvalue weighted by Gasteiger charge is 2.25. The van der Waals surface area contributed by atoms with Crippen molar-refractivity contribution in [2.45, 2.75) is 18.9 Å². The second-order valence-electron chi connectivity index (χ2n) is 4.68. The van der Waals surface area contributed by atoms with Crippen LogP contribution in [-0.2, 0) is 0 Å². The van der Waals surface area contributed by atoms with Gasteiger partial charge in [0.25, 0.3) is 11.7 Å². The first kappa shape index (κ1) is 12.7. The molecule has 1 unspecified atom stereocenters. The van der Waals surface area contributed by atoms with Gasteiger partial charge in [0.05, 0.1) is 17.9 Å². The van der Waals surface area contributed by atoms with Gasteiger partial charge in [-0.05, 0) is 31.5 Å². The molecule has 0 aromatic carbocycles. The molecule has 0 spiro atoms. The average Bonchev–Trinajstić information content (AvgIpc) is 3.17. The Bertz CT molecular complexity index is 592. The fourth-order valence-electron chi connectivity index (χ4n) is 2.18. The first-order valence-electron chi connectivity index (χ1n) is 6.51. The van der Waals surface area contributed by atoms with E-state index in [1.807, 2.05) is 0 Å². The first-order chi connectivity index (χ1) is 9.75. The number of nitrogens with zero attached hydrogens (tertiary/aromatic N) is 4. The van der Waals surface area contributed by atoms with Crippen LogP contribution in [0.4, 0.5) is 5.69 Å². The largest absolute Gasteiger partial charge is 0.337 e. The van der Waals surface area contributed by atoms with E-state index in [1.165, 1.54) is 4.90 Å². The number of amides is 1. The van der Waals surface area contributed by atoms with E-state index < -0.39 is 0 Å². The first-order valence-corrected chi connectivity index (χ1v) is 6.51. The Morgan fingerprint density at radius 3 is 3.15 bits per heavy atom. The number of aromatic nitrogens is 3. The number of carbonyl (C=O) groups excluding carboxylic acids is 1. The molecule has 1 aliphatic heterocycles. The van der Waals surface area contributed by atoms with Crippen LogP contribution >= 0.6 is 0 Å². The van der Waals surface area contributed by atoms with E-state index in [0.29, 0.717) is 11.6 Å². The highest BCUT2D eigenvalue weighted by molar-refractivity contribution is 6.02. The van der Waals surface area contributed by atoms with Crippen LogP contribution in [0.2, 0.25) is 0 Å². The molecule has 1 amide bonds. The molecule has 0 aliphatic carbocycles. The van der Waals surface area contributed by atoms with Crippen molar-refractivity contribution in [1.82, 2.24) is 20.4 Å². The maximum absolute atomic E-state index is 12.3. The maximum Gasteiger partial charge on any atom is 0.299 e. The summed E-state index contributed by atoms with van der Waals surface area (Å²) in [5, 5.41) is 7.02. The maximum atomic E-state index is 12.3. The Morgan fingerprint density at radius 2 is 2.45 bits per heavy atom. The lowest BCUT2D eigenvalue weighted by molar-refractivity contribution is 0.0980. The molecule has 104 valence electrons. The van der Waals surface area contributed by atoms with Crippen LogP contribution in [0.3, 0.4) is 0 Å². The van der Waals surface area contributed by atoms with E-state index in [2.05, 4.69) is 20.4 Å². The molecule has 1 N–H and O–H groups in total. The number of anilines is 1. The molecule has 0 bridgehead atoms. The van der Waals surface area contributed by atoms with Crippen LogP contribution in [0, 0.1) is 0 Å². The third-order valence-electron chi connectivity index (χ3n) is 3.33. The highest BCUT2D eigenvalue weighted by Crippen LogP contribution is 2.21. The van der Waals surface area contributed by atoms with Crippen LogP contribution in [0.1, 0.15) is 35.4 Å². The number of pyridine rings is 1. The molecule has 2 aromatic rings. The van der Waals surface area contributed by atoms with Gasteiger partial charge in [-0.15, -0.1) is 0 Å². The van der Waals surface area contributed by atoms with Crippen LogP contribution in [-0.4, -0.2) is 34.6 Å². The third kappa shape index (κ3) is 2.39. The van der Waals surface area contributed by atoms with E-state index in [0.717, 1.165) is 19.4 Å². The van der Waals surface area contributed by atoms with Crippen LogP contribution < -0.4 is 10.2 Å². The summed E-state index contributed by atoms with van der Waals surface area (Å²) in [6.45, 7) is 0.936. The van der Waals surface area contributed by atoms with Crippen molar-refractivity contribution in [3.63, 3.8) is 0 Å². The molecule has 3 heterocycles. The van der Waals surface area contributed by atoms with Crippen molar-refractivity contribution in [3.05, 3.63) is 36.2 Å². The number of hydrogen-bond donors (Lipinski definition) is 1. The summed E-state index contributed by atoms with van der Waals surface area (Å²) in [6.07, 6.45) is 5.29. The van der Waals surface area contributed by atoms with Gasteiger partial charge in [-0.25, -0.2) is 0 Å². The van der Waals surface area contributed by atoms with Crippen molar-refractivity contribution in [1.29, 1.82) is 0 Å². The second kappa shape index (κ2) is 5.38. The van der Waals surface area contributed by atoms with Gasteiger partial charge >= 0.3 is 0 Å². The van der Waals surface area contributed by atoms with Crippen molar-refractivity contribution in [3.8, 4) is 0 Å². The summed E-state index contributed by atoms with van der Waals surface area (Å²) >= 11 is 0. The van der Waals surface area contributed by atoms with E-state index in [4.69, 9.17) is 4.52 Å². The van der Waals surface area contributed by atoms with E-state index in [1.54, 1.807) is 31.6 Å². The SMILES string of the molecule is CN(C(=O)c1noc(C2CCCN2)n1)c1cccnc1. The summed E-state index contributed by atoms with van der Waals surface area (Å²) in [7, 11) is 1.66. The molecule has 3 rings (SSSR count). The van der Waals surface area contributed by atoms with Crippen LogP contribution in [0.15, 0.2) is 29.0 Å².